The van der Waals surface area contributed by atoms with Crippen LogP contribution in [0.15, 0.2) is 16.6 Å². The Balaban J connectivity index is 3.59. The highest BCUT2D eigenvalue weighted by atomic mass is 79.9. The normalized spacial score (nSPS) is 11.3. The van der Waals surface area contributed by atoms with E-state index in [2.05, 4.69) is 15.9 Å². The molecule has 92 valence electrons. The minimum absolute atomic E-state index is 0.0968. The van der Waals surface area contributed by atoms with E-state index >= 15 is 0 Å². The van der Waals surface area contributed by atoms with Gasteiger partial charge < -0.3 is 0 Å². The van der Waals surface area contributed by atoms with Gasteiger partial charge >= 0.3 is 0 Å². The molecule has 0 saturated carbocycles. The van der Waals surface area contributed by atoms with E-state index in [0.717, 1.165) is 0 Å². The largest absolute Gasteiger partial charge is 0.290 e. The van der Waals surface area contributed by atoms with Crippen LogP contribution in [-0.2, 0) is 5.41 Å². The van der Waals surface area contributed by atoms with Crippen molar-refractivity contribution in [1.29, 1.82) is 0 Å². The third-order valence-corrected chi connectivity index (χ3v) is 3.11. The van der Waals surface area contributed by atoms with Gasteiger partial charge in [-0.2, -0.15) is 0 Å². The molecular formula is C10H11BrN2O4. The molecule has 0 bridgehead atoms. The summed E-state index contributed by atoms with van der Waals surface area (Å²) in [5.41, 5.74) is -0.414. The lowest BCUT2D eigenvalue weighted by atomic mass is 9.86. The topological polar surface area (TPSA) is 86.3 Å². The summed E-state index contributed by atoms with van der Waals surface area (Å²) in [6, 6.07) is 2.72. The predicted octanol–water partition coefficient (Wildman–Crippen LogP) is 3.56. The number of hydrogen-bond donors (Lipinski definition) is 0. The first-order chi connectivity index (χ1) is 7.64. The third-order valence-electron chi connectivity index (χ3n) is 2.29. The smallest absolute Gasteiger partial charge is 0.258 e. The lowest BCUT2D eigenvalue weighted by Gasteiger charge is -2.18. The number of halogens is 1. The van der Waals surface area contributed by atoms with E-state index in [1.165, 1.54) is 12.1 Å². The molecular weight excluding hydrogens is 292 g/mol. The molecule has 0 heterocycles. The second-order valence-electron chi connectivity index (χ2n) is 4.59. The van der Waals surface area contributed by atoms with Gasteiger partial charge in [-0.1, -0.05) is 20.8 Å². The lowest BCUT2D eigenvalue weighted by molar-refractivity contribution is -0.395. The summed E-state index contributed by atoms with van der Waals surface area (Å²) in [4.78, 5) is 20.4. The Morgan fingerprint density at radius 3 is 1.65 bits per heavy atom. The van der Waals surface area contributed by atoms with E-state index in [9.17, 15) is 20.2 Å². The van der Waals surface area contributed by atoms with Gasteiger partial charge in [-0.15, -0.1) is 0 Å². The van der Waals surface area contributed by atoms with E-state index in [-0.39, 0.29) is 15.8 Å². The van der Waals surface area contributed by atoms with Crippen molar-refractivity contribution in [3.8, 4) is 0 Å². The Morgan fingerprint density at radius 1 is 1.06 bits per heavy atom. The highest BCUT2D eigenvalue weighted by Gasteiger charge is 2.28. The fraction of sp³-hybridized carbons (Fsp3) is 0.400. The molecule has 1 aromatic rings. The van der Waals surface area contributed by atoms with Gasteiger partial charge in [0, 0.05) is 12.1 Å². The molecule has 0 saturated heterocycles. The summed E-state index contributed by atoms with van der Waals surface area (Å²) in [7, 11) is 0. The zero-order chi connectivity index (χ0) is 13.4. The molecule has 0 N–H and O–H groups in total. The van der Waals surface area contributed by atoms with E-state index in [1.807, 2.05) is 20.8 Å². The molecule has 0 amide bonds. The summed E-state index contributed by atoms with van der Waals surface area (Å²) in [6.07, 6.45) is 0. The molecule has 0 aliphatic rings. The number of nitro benzene ring substituents is 2. The zero-order valence-electron chi connectivity index (χ0n) is 9.56. The molecule has 17 heavy (non-hydrogen) atoms. The highest BCUT2D eigenvalue weighted by Crippen LogP contribution is 2.38. The highest BCUT2D eigenvalue weighted by molar-refractivity contribution is 9.10. The molecule has 6 nitrogen and oxygen atoms in total. The minimum atomic E-state index is -0.633. The van der Waals surface area contributed by atoms with Crippen molar-refractivity contribution >= 4 is 27.3 Å². The molecule has 0 atom stereocenters. The molecule has 0 aliphatic carbocycles. The van der Waals surface area contributed by atoms with Crippen LogP contribution in [0.5, 0.6) is 0 Å². The third kappa shape index (κ3) is 2.79. The summed E-state index contributed by atoms with van der Waals surface area (Å²) < 4.78 is -0.0968. The van der Waals surface area contributed by atoms with E-state index in [0.29, 0.717) is 5.56 Å². The fourth-order valence-electron chi connectivity index (χ4n) is 1.29. The van der Waals surface area contributed by atoms with Gasteiger partial charge in [0.05, 0.1) is 9.85 Å². The Labute approximate surface area is 106 Å². The number of rotatable bonds is 2. The lowest BCUT2D eigenvalue weighted by Crippen LogP contribution is -2.12. The van der Waals surface area contributed by atoms with E-state index in [4.69, 9.17) is 0 Å². The first kappa shape index (κ1) is 13.6. The number of benzene rings is 1. The quantitative estimate of drug-likeness (QED) is 0.617. The van der Waals surface area contributed by atoms with Crippen molar-refractivity contribution in [3.05, 3.63) is 42.4 Å². The summed E-state index contributed by atoms with van der Waals surface area (Å²) >= 11 is 2.90. The molecule has 1 aromatic carbocycles. The number of nitro groups is 2. The van der Waals surface area contributed by atoms with Gasteiger partial charge in [0.25, 0.3) is 11.4 Å². The van der Waals surface area contributed by atoms with Crippen molar-refractivity contribution in [2.24, 2.45) is 0 Å². The average Bonchev–Trinajstić information content (AvgIpc) is 2.14. The maximum absolute atomic E-state index is 10.8. The average molecular weight is 303 g/mol. The summed E-state index contributed by atoms with van der Waals surface area (Å²) in [6.45, 7) is 5.51. The Morgan fingerprint density at radius 2 is 1.41 bits per heavy atom. The van der Waals surface area contributed by atoms with Crippen LogP contribution in [0.3, 0.4) is 0 Å². The van der Waals surface area contributed by atoms with Crippen LogP contribution in [0.4, 0.5) is 11.4 Å². The molecule has 0 spiro atoms. The first-order valence-electron chi connectivity index (χ1n) is 4.77. The maximum Gasteiger partial charge on any atom is 0.290 e. The van der Waals surface area contributed by atoms with Gasteiger partial charge in [-0.25, -0.2) is 0 Å². The second-order valence-corrected chi connectivity index (χ2v) is 5.39. The molecule has 0 aromatic heterocycles. The number of hydrogen-bond acceptors (Lipinski definition) is 4. The second kappa shape index (κ2) is 4.40. The van der Waals surface area contributed by atoms with Crippen LogP contribution in [0.25, 0.3) is 0 Å². The SMILES string of the molecule is CC(C)(C)c1cc([N+](=O)[O-])c(Br)c([N+](=O)[O-])c1. The molecule has 0 unspecified atom stereocenters. The fourth-order valence-corrected chi connectivity index (χ4v) is 1.81. The van der Waals surface area contributed by atoms with Crippen LogP contribution in [0.2, 0.25) is 0 Å². The maximum atomic E-state index is 10.8. The van der Waals surface area contributed by atoms with Crippen molar-refractivity contribution in [1.82, 2.24) is 0 Å². The van der Waals surface area contributed by atoms with Crippen LogP contribution >= 0.6 is 15.9 Å². The van der Waals surface area contributed by atoms with E-state index < -0.39 is 15.3 Å². The van der Waals surface area contributed by atoms with Crippen LogP contribution in [0.1, 0.15) is 26.3 Å². The van der Waals surface area contributed by atoms with Gasteiger partial charge in [-0.05, 0) is 26.9 Å². The Hall–Kier alpha value is -1.50. The first-order valence-corrected chi connectivity index (χ1v) is 5.56. The van der Waals surface area contributed by atoms with Crippen molar-refractivity contribution in [2.45, 2.75) is 26.2 Å². The standard InChI is InChI=1S/C10H11BrN2O4/c1-10(2,3)6-4-7(12(14)15)9(11)8(5-6)13(16)17/h4-5H,1-3H3. The molecule has 0 radical (unpaired) electrons. The minimum Gasteiger partial charge on any atom is -0.258 e. The molecule has 1 rings (SSSR count). The van der Waals surface area contributed by atoms with Crippen molar-refractivity contribution in [2.75, 3.05) is 0 Å². The van der Waals surface area contributed by atoms with Crippen LogP contribution < -0.4 is 0 Å². The zero-order valence-corrected chi connectivity index (χ0v) is 11.1. The predicted molar refractivity (Wildman–Crippen MR) is 66.2 cm³/mol. The van der Waals surface area contributed by atoms with Gasteiger partial charge in [0.1, 0.15) is 0 Å². The van der Waals surface area contributed by atoms with Crippen molar-refractivity contribution in [3.63, 3.8) is 0 Å². The Kier molecular flexibility index (Phi) is 3.51. The Bertz CT molecular complexity index is 459. The van der Waals surface area contributed by atoms with Crippen LogP contribution in [-0.4, -0.2) is 9.85 Å². The molecule has 0 fully saturated rings. The molecule has 7 heteroatoms. The summed E-state index contributed by atoms with van der Waals surface area (Å²) in [5, 5.41) is 21.7. The summed E-state index contributed by atoms with van der Waals surface area (Å²) in [5.74, 6) is 0. The van der Waals surface area contributed by atoms with Crippen LogP contribution in [0, 0.1) is 20.2 Å². The molecule has 0 aliphatic heterocycles. The van der Waals surface area contributed by atoms with E-state index in [1.54, 1.807) is 0 Å². The van der Waals surface area contributed by atoms with Gasteiger partial charge in [0.15, 0.2) is 4.47 Å². The monoisotopic (exact) mass is 302 g/mol. The van der Waals surface area contributed by atoms with Gasteiger partial charge in [-0.3, -0.25) is 20.2 Å². The van der Waals surface area contributed by atoms with Gasteiger partial charge in [0.2, 0.25) is 0 Å². The number of nitrogens with zero attached hydrogens (tertiary/aromatic N) is 2. The van der Waals surface area contributed by atoms with Crippen molar-refractivity contribution < 1.29 is 9.85 Å².